The van der Waals surface area contributed by atoms with Crippen LogP contribution in [0.25, 0.3) is 5.69 Å². The molecule has 1 N–H and O–H groups in total. The number of rotatable bonds is 8. The monoisotopic (exact) mass is 395 g/mol. The van der Waals surface area contributed by atoms with Gasteiger partial charge in [0.25, 0.3) is 0 Å². The first kappa shape index (κ1) is 20.1. The van der Waals surface area contributed by atoms with Gasteiger partial charge in [-0.3, -0.25) is 4.79 Å². The van der Waals surface area contributed by atoms with Crippen LogP contribution in [0.15, 0.2) is 59.8 Å². The van der Waals surface area contributed by atoms with Crippen LogP contribution in [0.2, 0.25) is 0 Å². The van der Waals surface area contributed by atoms with Gasteiger partial charge in [-0.05, 0) is 45.5 Å². The summed E-state index contributed by atoms with van der Waals surface area (Å²) in [6.45, 7) is 7.02. The summed E-state index contributed by atoms with van der Waals surface area (Å²) in [5.41, 5.74) is 3.36. The van der Waals surface area contributed by atoms with Crippen molar-refractivity contribution in [1.82, 2.24) is 25.5 Å². The van der Waals surface area contributed by atoms with Crippen LogP contribution < -0.4 is 5.32 Å². The number of carbonyl (C=O) groups excluding carboxylic acids is 1. The molecule has 28 heavy (non-hydrogen) atoms. The lowest BCUT2D eigenvalue weighted by Gasteiger charge is -2.13. The molecule has 1 amide bonds. The topological polar surface area (TPSA) is 72.7 Å². The molecule has 1 atom stereocenters. The number of aromatic nitrogens is 4. The molecule has 0 saturated heterocycles. The normalized spacial score (nSPS) is 12.1. The molecule has 3 aromatic rings. The summed E-state index contributed by atoms with van der Waals surface area (Å²) in [5, 5.41) is 15.4. The number of amides is 1. The predicted molar refractivity (Wildman–Crippen MR) is 112 cm³/mol. The van der Waals surface area contributed by atoms with Gasteiger partial charge in [0, 0.05) is 6.54 Å². The fraction of sp³-hybridized carbons (Fsp3) is 0.333. The molecule has 1 aromatic heterocycles. The van der Waals surface area contributed by atoms with E-state index in [9.17, 15) is 4.79 Å². The lowest BCUT2D eigenvalue weighted by Crippen LogP contribution is -2.29. The van der Waals surface area contributed by atoms with Crippen molar-refractivity contribution in [2.45, 2.75) is 37.8 Å². The third-order valence-corrected chi connectivity index (χ3v) is 5.47. The molecule has 0 saturated carbocycles. The molecule has 0 aliphatic rings. The number of hydrogen-bond acceptors (Lipinski definition) is 5. The minimum Gasteiger partial charge on any atom is -0.355 e. The number of tetrazole rings is 1. The molecule has 3 rings (SSSR count). The highest BCUT2D eigenvalue weighted by Gasteiger charge is 2.13. The van der Waals surface area contributed by atoms with E-state index in [4.69, 9.17) is 0 Å². The summed E-state index contributed by atoms with van der Waals surface area (Å²) in [7, 11) is 0. The van der Waals surface area contributed by atoms with Crippen LogP contribution >= 0.6 is 11.8 Å². The van der Waals surface area contributed by atoms with Crippen molar-refractivity contribution >= 4 is 17.7 Å². The SMILES string of the molecule is CC(C)c1ccc(-n2nnnc2SCC(=O)NC[C@H](C)c2ccccc2)cc1. The Bertz CT molecular complexity index is 893. The first-order valence-corrected chi connectivity index (χ1v) is 10.4. The number of nitrogens with zero attached hydrogens (tertiary/aromatic N) is 4. The van der Waals surface area contributed by atoms with E-state index in [1.165, 1.54) is 22.9 Å². The highest BCUT2D eigenvalue weighted by atomic mass is 32.2. The number of benzene rings is 2. The van der Waals surface area contributed by atoms with Gasteiger partial charge in [0.2, 0.25) is 11.1 Å². The van der Waals surface area contributed by atoms with Gasteiger partial charge in [-0.1, -0.05) is 75.0 Å². The van der Waals surface area contributed by atoms with Gasteiger partial charge in [-0.2, -0.15) is 4.68 Å². The van der Waals surface area contributed by atoms with E-state index >= 15 is 0 Å². The third-order valence-electron chi connectivity index (χ3n) is 4.55. The molecule has 0 aliphatic carbocycles. The molecule has 0 aliphatic heterocycles. The van der Waals surface area contributed by atoms with Gasteiger partial charge >= 0.3 is 0 Å². The quantitative estimate of drug-likeness (QED) is 0.588. The van der Waals surface area contributed by atoms with Crippen molar-refractivity contribution in [2.75, 3.05) is 12.3 Å². The third kappa shape index (κ3) is 5.19. The molecular formula is C21H25N5OS. The van der Waals surface area contributed by atoms with Crippen LogP contribution in [-0.2, 0) is 4.79 Å². The molecule has 0 bridgehead atoms. The van der Waals surface area contributed by atoms with E-state index in [0.29, 0.717) is 17.6 Å². The second kappa shape index (κ2) is 9.50. The minimum atomic E-state index is -0.0301. The Kier molecular flexibility index (Phi) is 6.81. The lowest BCUT2D eigenvalue weighted by molar-refractivity contribution is -0.118. The van der Waals surface area contributed by atoms with E-state index in [1.54, 1.807) is 4.68 Å². The van der Waals surface area contributed by atoms with Gasteiger partial charge in [-0.15, -0.1) is 5.10 Å². The number of hydrogen-bond donors (Lipinski definition) is 1. The molecule has 2 aromatic carbocycles. The van der Waals surface area contributed by atoms with E-state index in [2.05, 4.69) is 65.9 Å². The van der Waals surface area contributed by atoms with Gasteiger partial charge < -0.3 is 5.32 Å². The van der Waals surface area contributed by atoms with Gasteiger partial charge in [0.15, 0.2) is 0 Å². The van der Waals surface area contributed by atoms with Crippen LogP contribution in [-0.4, -0.2) is 38.4 Å². The summed E-state index contributed by atoms with van der Waals surface area (Å²) in [5.74, 6) is 0.975. The Hall–Kier alpha value is -2.67. The van der Waals surface area contributed by atoms with Crippen molar-refractivity contribution in [3.8, 4) is 5.69 Å². The smallest absolute Gasteiger partial charge is 0.230 e. The summed E-state index contributed by atoms with van der Waals surface area (Å²) < 4.78 is 1.66. The maximum atomic E-state index is 12.2. The molecule has 7 heteroatoms. The van der Waals surface area contributed by atoms with E-state index in [0.717, 1.165) is 5.69 Å². The van der Waals surface area contributed by atoms with Crippen LogP contribution in [0, 0.1) is 0 Å². The van der Waals surface area contributed by atoms with E-state index < -0.39 is 0 Å². The average Bonchev–Trinajstić information content (AvgIpc) is 3.19. The zero-order chi connectivity index (χ0) is 19.9. The van der Waals surface area contributed by atoms with E-state index in [1.807, 2.05) is 30.3 Å². The maximum Gasteiger partial charge on any atom is 0.230 e. The molecule has 0 radical (unpaired) electrons. The lowest BCUT2D eigenvalue weighted by atomic mass is 10.0. The first-order chi connectivity index (χ1) is 13.5. The van der Waals surface area contributed by atoms with Gasteiger partial charge in [-0.25, -0.2) is 0 Å². The second-order valence-corrected chi connectivity index (χ2v) is 7.97. The van der Waals surface area contributed by atoms with Crippen molar-refractivity contribution in [3.63, 3.8) is 0 Å². The Morgan fingerprint density at radius 1 is 1.04 bits per heavy atom. The summed E-state index contributed by atoms with van der Waals surface area (Å²) in [6, 6.07) is 18.3. The van der Waals surface area contributed by atoms with Crippen LogP contribution in [0.5, 0.6) is 0 Å². The maximum absolute atomic E-state index is 12.2. The molecular weight excluding hydrogens is 370 g/mol. The zero-order valence-electron chi connectivity index (χ0n) is 16.4. The summed E-state index contributed by atoms with van der Waals surface area (Å²) >= 11 is 1.33. The standard InChI is InChI=1S/C21H25N5OS/c1-15(2)17-9-11-19(12-10-17)26-21(23-24-25-26)28-14-20(27)22-13-16(3)18-7-5-4-6-8-18/h4-12,15-16H,13-14H2,1-3H3,(H,22,27)/t16-/m0/s1. The number of carbonyl (C=O) groups is 1. The Morgan fingerprint density at radius 2 is 1.75 bits per heavy atom. The predicted octanol–water partition coefficient (Wildman–Crippen LogP) is 3.80. The fourth-order valence-corrected chi connectivity index (χ4v) is 3.50. The summed E-state index contributed by atoms with van der Waals surface area (Å²) in [6.07, 6.45) is 0. The fourth-order valence-electron chi connectivity index (χ4n) is 2.78. The van der Waals surface area contributed by atoms with Crippen molar-refractivity contribution < 1.29 is 4.79 Å². The number of thioether (sulfide) groups is 1. The summed E-state index contributed by atoms with van der Waals surface area (Å²) in [4.78, 5) is 12.2. The first-order valence-electron chi connectivity index (χ1n) is 9.37. The second-order valence-electron chi connectivity index (χ2n) is 7.02. The highest BCUT2D eigenvalue weighted by Crippen LogP contribution is 2.21. The van der Waals surface area contributed by atoms with E-state index in [-0.39, 0.29) is 17.6 Å². The highest BCUT2D eigenvalue weighted by molar-refractivity contribution is 7.99. The molecule has 146 valence electrons. The zero-order valence-corrected chi connectivity index (χ0v) is 17.2. The molecule has 0 unspecified atom stereocenters. The van der Waals surface area contributed by atoms with Crippen LogP contribution in [0.3, 0.4) is 0 Å². The average molecular weight is 396 g/mol. The van der Waals surface area contributed by atoms with Crippen molar-refractivity contribution in [3.05, 3.63) is 65.7 Å². The van der Waals surface area contributed by atoms with Crippen molar-refractivity contribution in [1.29, 1.82) is 0 Å². The molecule has 1 heterocycles. The molecule has 0 spiro atoms. The number of nitrogens with one attached hydrogen (secondary N) is 1. The Morgan fingerprint density at radius 3 is 2.43 bits per heavy atom. The Balaban J connectivity index is 1.54. The largest absolute Gasteiger partial charge is 0.355 e. The molecule has 6 nitrogen and oxygen atoms in total. The van der Waals surface area contributed by atoms with Crippen molar-refractivity contribution in [2.24, 2.45) is 0 Å². The molecule has 0 fully saturated rings. The van der Waals surface area contributed by atoms with Gasteiger partial charge in [0.05, 0.1) is 11.4 Å². The minimum absolute atomic E-state index is 0.0301. The van der Waals surface area contributed by atoms with Crippen LogP contribution in [0.4, 0.5) is 0 Å². The van der Waals surface area contributed by atoms with Gasteiger partial charge in [0.1, 0.15) is 0 Å². The van der Waals surface area contributed by atoms with Crippen LogP contribution in [0.1, 0.15) is 43.7 Å². The Labute approximate surface area is 169 Å².